The molecule has 204 valence electrons. The van der Waals surface area contributed by atoms with Gasteiger partial charge in [-0.15, -0.1) is 0 Å². The molecule has 0 bridgehead atoms. The maximum atomic E-state index is 11.9. The molecule has 1 atom stereocenters. The molecule has 1 aromatic carbocycles. The summed E-state index contributed by atoms with van der Waals surface area (Å²) in [6.45, 7) is 12.4. The fraction of sp³-hybridized carbons (Fsp3) is 0.600. The molecule has 0 saturated carbocycles. The van der Waals surface area contributed by atoms with E-state index in [0.29, 0.717) is 26.4 Å². The van der Waals surface area contributed by atoms with Crippen LogP contribution in [-0.2, 0) is 20.7 Å². The van der Waals surface area contributed by atoms with Crippen LogP contribution in [0, 0.1) is 0 Å². The minimum Gasteiger partial charge on any atom is -0.463 e. The zero-order valence-corrected chi connectivity index (χ0v) is 23.2. The highest BCUT2D eigenvalue weighted by Crippen LogP contribution is 2.34. The highest BCUT2D eigenvalue weighted by atomic mass is 16.5. The van der Waals surface area contributed by atoms with Crippen molar-refractivity contribution < 1.29 is 18.7 Å². The van der Waals surface area contributed by atoms with E-state index in [9.17, 15) is 4.79 Å². The second-order valence-electron chi connectivity index (χ2n) is 9.88. The third-order valence-corrected chi connectivity index (χ3v) is 6.74. The van der Waals surface area contributed by atoms with E-state index in [1.165, 1.54) is 30.9 Å². The zero-order valence-electron chi connectivity index (χ0n) is 23.2. The topological polar surface area (TPSA) is 68.0 Å². The van der Waals surface area contributed by atoms with Crippen molar-refractivity contribution in [2.24, 2.45) is 0 Å². The second-order valence-corrected chi connectivity index (χ2v) is 9.88. The average Bonchev–Trinajstić information content (AvgIpc) is 3.31. The summed E-state index contributed by atoms with van der Waals surface area (Å²) in [6.07, 6.45) is 9.82. The standard InChI is InChI=1S/C30H45N3O4/c1-5-7-8-12-16-27(33(24(3)4)18-13-17-28(34)36-6-2)29-31-26(23-25-14-10-9-11-15-25)30(37-29)32-19-21-35-22-20-32/h9-11,13-15,17,24,27H,5-8,12,16,18-23H2,1-4H3/b17-13+. The van der Waals surface area contributed by atoms with Crippen LogP contribution in [0.25, 0.3) is 0 Å². The van der Waals surface area contributed by atoms with E-state index in [1.54, 1.807) is 0 Å². The summed E-state index contributed by atoms with van der Waals surface area (Å²) in [7, 11) is 0. The third kappa shape index (κ3) is 9.00. The van der Waals surface area contributed by atoms with Crippen LogP contribution < -0.4 is 4.90 Å². The molecule has 0 amide bonds. The van der Waals surface area contributed by atoms with Gasteiger partial charge in [-0.2, -0.15) is 0 Å². The lowest BCUT2D eigenvalue weighted by atomic mass is 10.0. The van der Waals surface area contributed by atoms with Crippen molar-refractivity contribution >= 4 is 11.9 Å². The molecule has 1 unspecified atom stereocenters. The van der Waals surface area contributed by atoms with E-state index in [-0.39, 0.29) is 18.1 Å². The average molecular weight is 512 g/mol. The van der Waals surface area contributed by atoms with E-state index < -0.39 is 0 Å². The molecular formula is C30H45N3O4. The predicted octanol–water partition coefficient (Wildman–Crippen LogP) is 5.94. The highest BCUT2D eigenvalue weighted by Gasteiger charge is 2.30. The van der Waals surface area contributed by atoms with Crippen LogP contribution in [0.3, 0.4) is 0 Å². The number of benzene rings is 1. The number of rotatable bonds is 15. The van der Waals surface area contributed by atoms with Gasteiger partial charge in [-0.05, 0) is 32.8 Å². The molecule has 0 radical (unpaired) electrons. The van der Waals surface area contributed by atoms with Gasteiger partial charge in [0.15, 0.2) is 0 Å². The Morgan fingerprint density at radius 3 is 2.57 bits per heavy atom. The van der Waals surface area contributed by atoms with E-state index in [4.69, 9.17) is 18.9 Å². The maximum Gasteiger partial charge on any atom is 0.330 e. The van der Waals surface area contributed by atoms with Crippen LogP contribution in [0.5, 0.6) is 0 Å². The van der Waals surface area contributed by atoms with Gasteiger partial charge in [0.05, 0.1) is 25.9 Å². The molecular weight excluding hydrogens is 466 g/mol. The Morgan fingerprint density at radius 1 is 1.14 bits per heavy atom. The van der Waals surface area contributed by atoms with Crippen molar-refractivity contribution in [2.45, 2.75) is 78.3 Å². The number of carbonyl (C=O) groups excluding carboxylic acids is 1. The Bertz CT molecular complexity index is 951. The molecule has 3 rings (SSSR count). The summed E-state index contributed by atoms with van der Waals surface area (Å²) in [5, 5.41) is 0. The number of ether oxygens (including phenoxy) is 2. The van der Waals surface area contributed by atoms with Crippen LogP contribution in [0.2, 0.25) is 0 Å². The normalized spacial score (nSPS) is 15.1. The van der Waals surface area contributed by atoms with Crippen LogP contribution in [0.4, 0.5) is 5.88 Å². The van der Waals surface area contributed by atoms with Crippen molar-refractivity contribution in [3.05, 3.63) is 59.6 Å². The number of carbonyl (C=O) groups is 1. The molecule has 0 spiro atoms. The number of nitrogens with zero attached hydrogens (tertiary/aromatic N) is 3. The van der Waals surface area contributed by atoms with Gasteiger partial charge in [-0.1, -0.05) is 69.0 Å². The summed E-state index contributed by atoms with van der Waals surface area (Å²) in [4.78, 5) is 21.7. The Labute approximate surface area is 222 Å². The van der Waals surface area contributed by atoms with Gasteiger partial charge in [0.2, 0.25) is 11.8 Å². The molecule has 1 aliphatic rings. The van der Waals surface area contributed by atoms with E-state index in [1.807, 2.05) is 19.1 Å². The first-order valence-electron chi connectivity index (χ1n) is 14.0. The first kappa shape index (κ1) is 28.9. The van der Waals surface area contributed by atoms with Crippen molar-refractivity contribution in [3.8, 4) is 0 Å². The SMILES string of the molecule is CCCCCCC(c1nc(Cc2ccccc2)c(N2CCOCC2)o1)N(C/C=C/C(=O)OCC)C(C)C. The van der Waals surface area contributed by atoms with Crippen molar-refractivity contribution in [1.29, 1.82) is 0 Å². The Morgan fingerprint density at radius 2 is 1.89 bits per heavy atom. The van der Waals surface area contributed by atoms with Gasteiger partial charge in [0, 0.05) is 38.2 Å². The first-order chi connectivity index (χ1) is 18.0. The molecule has 2 heterocycles. The van der Waals surface area contributed by atoms with E-state index >= 15 is 0 Å². The monoisotopic (exact) mass is 511 g/mol. The van der Waals surface area contributed by atoms with E-state index in [2.05, 4.69) is 54.8 Å². The highest BCUT2D eigenvalue weighted by molar-refractivity contribution is 5.81. The number of oxazole rings is 1. The quantitative estimate of drug-likeness (QED) is 0.166. The lowest BCUT2D eigenvalue weighted by molar-refractivity contribution is -0.137. The molecule has 7 nitrogen and oxygen atoms in total. The van der Waals surface area contributed by atoms with Gasteiger partial charge < -0.3 is 18.8 Å². The summed E-state index contributed by atoms with van der Waals surface area (Å²) >= 11 is 0. The van der Waals surface area contributed by atoms with Crippen molar-refractivity contribution in [3.63, 3.8) is 0 Å². The number of hydrogen-bond acceptors (Lipinski definition) is 7. The van der Waals surface area contributed by atoms with Crippen molar-refractivity contribution in [1.82, 2.24) is 9.88 Å². The third-order valence-electron chi connectivity index (χ3n) is 6.74. The number of esters is 1. The summed E-state index contributed by atoms with van der Waals surface area (Å²) in [6, 6.07) is 10.7. The van der Waals surface area contributed by atoms with Gasteiger partial charge in [0.1, 0.15) is 5.69 Å². The molecule has 0 aliphatic carbocycles. The number of aromatic nitrogens is 1. The molecule has 1 saturated heterocycles. The van der Waals surface area contributed by atoms with Gasteiger partial charge in [0.25, 0.3) is 0 Å². The molecule has 7 heteroatoms. The predicted molar refractivity (Wildman–Crippen MR) is 148 cm³/mol. The maximum absolute atomic E-state index is 11.9. The summed E-state index contributed by atoms with van der Waals surface area (Å²) in [5.41, 5.74) is 2.20. The lowest BCUT2D eigenvalue weighted by Gasteiger charge is -2.32. The van der Waals surface area contributed by atoms with Gasteiger partial charge in [-0.3, -0.25) is 4.90 Å². The number of hydrogen-bond donors (Lipinski definition) is 0. The summed E-state index contributed by atoms with van der Waals surface area (Å²) < 4.78 is 17.3. The van der Waals surface area contributed by atoms with E-state index in [0.717, 1.165) is 49.8 Å². The Balaban J connectivity index is 1.92. The second kappa shape index (κ2) is 15.6. The molecule has 1 aromatic heterocycles. The Hall–Kier alpha value is -2.64. The zero-order chi connectivity index (χ0) is 26.5. The number of unbranched alkanes of at least 4 members (excludes halogenated alkanes) is 3. The van der Waals surface area contributed by atoms with Crippen LogP contribution in [0.15, 0.2) is 46.9 Å². The minimum atomic E-state index is -0.304. The minimum absolute atomic E-state index is 0.0213. The van der Waals surface area contributed by atoms with Crippen LogP contribution in [-0.4, -0.2) is 61.3 Å². The fourth-order valence-corrected chi connectivity index (χ4v) is 4.78. The van der Waals surface area contributed by atoms with Gasteiger partial charge in [-0.25, -0.2) is 9.78 Å². The lowest BCUT2D eigenvalue weighted by Crippen LogP contribution is -2.36. The molecule has 37 heavy (non-hydrogen) atoms. The van der Waals surface area contributed by atoms with Crippen LogP contribution in [0.1, 0.15) is 83.0 Å². The van der Waals surface area contributed by atoms with Gasteiger partial charge >= 0.3 is 5.97 Å². The number of morpholine rings is 1. The first-order valence-corrected chi connectivity index (χ1v) is 14.0. The number of anilines is 1. The molecule has 1 aliphatic heterocycles. The molecule has 2 aromatic rings. The van der Waals surface area contributed by atoms with Crippen LogP contribution >= 0.6 is 0 Å². The smallest absolute Gasteiger partial charge is 0.330 e. The fourth-order valence-electron chi connectivity index (χ4n) is 4.78. The molecule has 0 N–H and O–H groups in total. The molecule has 1 fully saturated rings. The summed E-state index contributed by atoms with van der Waals surface area (Å²) in [5.74, 6) is 1.33. The Kier molecular flexibility index (Phi) is 12.2. The van der Waals surface area contributed by atoms with Crippen molar-refractivity contribution in [2.75, 3.05) is 44.4 Å². The largest absolute Gasteiger partial charge is 0.463 e.